The lowest BCUT2D eigenvalue weighted by Gasteiger charge is -2.27. The highest BCUT2D eigenvalue weighted by Gasteiger charge is 2.27. The Balaban J connectivity index is 2.02. The molecule has 1 aromatic rings. The van der Waals surface area contributed by atoms with Crippen LogP contribution in [-0.2, 0) is 15.0 Å². The number of rotatable bonds is 8. The van der Waals surface area contributed by atoms with Crippen molar-refractivity contribution in [3.63, 3.8) is 0 Å². The van der Waals surface area contributed by atoms with E-state index in [4.69, 9.17) is 0 Å². The summed E-state index contributed by atoms with van der Waals surface area (Å²) >= 11 is 0. The maximum absolute atomic E-state index is 12.6. The summed E-state index contributed by atoms with van der Waals surface area (Å²) in [6, 6.07) is 7.11. The van der Waals surface area contributed by atoms with Crippen LogP contribution in [0.1, 0.15) is 37.7 Å². The van der Waals surface area contributed by atoms with E-state index in [1.165, 1.54) is 32.5 Å². The third-order valence-corrected chi connectivity index (χ3v) is 6.32. The summed E-state index contributed by atoms with van der Waals surface area (Å²) in [7, 11) is -0.826. The number of amides is 1. The highest BCUT2D eigenvalue weighted by molar-refractivity contribution is 7.90. The number of carbonyl (C=O) groups is 1. The lowest BCUT2D eigenvalue weighted by atomic mass is 9.97. The Morgan fingerprint density at radius 3 is 2.42 bits per heavy atom. The molecule has 0 aromatic heterocycles. The number of benzene rings is 1. The van der Waals surface area contributed by atoms with Crippen molar-refractivity contribution < 1.29 is 13.2 Å². The van der Waals surface area contributed by atoms with Gasteiger partial charge in [0, 0.05) is 20.6 Å². The molecule has 0 heterocycles. The molecule has 26 heavy (non-hydrogen) atoms. The van der Waals surface area contributed by atoms with E-state index in [0.717, 1.165) is 33.4 Å². The van der Waals surface area contributed by atoms with Gasteiger partial charge in [0.2, 0.25) is 5.91 Å². The first-order valence-corrected chi connectivity index (χ1v) is 10.4. The second-order valence-corrected chi connectivity index (χ2v) is 8.91. The third-order valence-electron chi connectivity index (χ3n) is 4.50. The highest BCUT2D eigenvalue weighted by Crippen LogP contribution is 2.21. The molecule has 0 fully saturated rings. The van der Waals surface area contributed by atoms with Gasteiger partial charge in [-0.2, -0.15) is 12.7 Å². The summed E-state index contributed by atoms with van der Waals surface area (Å²) in [5.74, 6) is -0.299. The molecule has 0 atom stereocenters. The molecule has 0 saturated carbocycles. The van der Waals surface area contributed by atoms with Crippen molar-refractivity contribution >= 4 is 21.8 Å². The van der Waals surface area contributed by atoms with Crippen LogP contribution in [0.5, 0.6) is 0 Å². The van der Waals surface area contributed by atoms with Gasteiger partial charge in [-0.25, -0.2) is 4.31 Å². The van der Waals surface area contributed by atoms with Gasteiger partial charge >= 0.3 is 10.2 Å². The van der Waals surface area contributed by atoms with Crippen LogP contribution in [0.15, 0.2) is 35.9 Å². The second kappa shape index (κ2) is 9.19. The second-order valence-electron chi connectivity index (χ2n) is 6.84. The fraction of sp³-hybridized carbons (Fsp3) is 0.526. The molecule has 0 bridgehead atoms. The lowest BCUT2D eigenvalue weighted by molar-refractivity contribution is -0.119. The number of nitrogens with one attached hydrogen (secondary N) is 1. The number of aryl methyl sites for hydroxylation is 1. The van der Waals surface area contributed by atoms with E-state index in [1.807, 2.05) is 19.1 Å². The van der Waals surface area contributed by atoms with Crippen LogP contribution in [0.2, 0.25) is 0 Å². The predicted octanol–water partition coefficient (Wildman–Crippen LogP) is 2.61. The molecule has 144 valence electrons. The maximum atomic E-state index is 12.6. The zero-order valence-electron chi connectivity index (χ0n) is 15.9. The summed E-state index contributed by atoms with van der Waals surface area (Å²) in [6.45, 7) is 2.23. The molecule has 0 aliphatic heterocycles. The minimum absolute atomic E-state index is 0.234. The van der Waals surface area contributed by atoms with Crippen LogP contribution in [0.4, 0.5) is 5.69 Å². The molecule has 2 rings (SSSR count). The van der Waals surface area contributed by atoms with Crippen LogP contribution < -0.4 is 9.62 Å². The minimum Gasteiger partial charge on any atom is -0.354 e. The summed E-state index contributed by atoms with van der Waals surface area (Å²) in [4.78, 5) is 12.3. The van der Waals surface area contributed by atoms with Gasteiger partial charge in [-0.1, -0.05) is 29.3 Å². The zero-order valence-corrected chi connectivity index (χ0v) is 16.7. The van der Waals surface area contributed by atoms with Gasteiger partial charge in [0.25, 0.3) is 0 Å². The van der Waals surface area contributed by atoms with Gasteiger partial charge in [-0.05, 0) is 51.2 Å². The van der Waals surface area contributed by atoms with Crippen molar-refractivity contribution in [1.29, 1.82) is 0 Å². The number of carbonyl (C=O) groups excluding carboxylic acids is 1. The Morgan fingerprint density at radius 1 is 1.15 bits per heavy atom. The Kier molecular flexibility index (Phi) is 7.23. The molecule has 1 N–H and O–H groups in total. The standard InChI is InChI=1S/C19H29N3O3S/c1-16-9-11-18(12-10-16)22(26(24,25)21(2)3)15-19(23)20-14-13-17-7-5-4-6-8-17/h7,9-12H,4-6,8,13-15H2,1-3H3,(H,20,23). The molecule has 1 amide bonds. The molecular formula is C19H29N3O3S. The summed E-state index contributed by atoms with van der Waals surface area (Å²) < 4.78 is 27.5. The van der Waals surface area contributed by atoms with Crippen molar-refractivity contribution in [1.82, 2.24) is 9.62 Å². The van der Waals surface area contributed by atoms with E-state index in [0.29, 0.717) is 12.2 Å². The van der Waals surface area contributed by atoms with Gasteiger partial charge in [0.15, 0.2) is 0 Å². The van der Waals surface area contributed by atoms with Crippen LogP contribution in [0, 0.1) is 6.92 Å². The van der Waals surface area contributed by atoms with E-state index in [9.17, 15) is 13.2 Å². The first-order chi connectivity index (χ1) is 12.3. The molecule has 1 aromatic carbocycles. The number of hydrogen-bond acceptors (Lipinski definition) is 3. The summed E-state index contributed by atoms with van der Waals surface area (Å²) in [6.07, 6.45) is 7.75. The average molecular weight is 380 g/mol. The predicted molar refractivity (Wildman–Crippen MR) is 105 cm³/mol. The van der Waals surface area contributed by atoms with Gasteiger partial charge < -0.3 is 5.32 Å². The normalized spacial score (nSPS) is 14.8. The topological polar surface area (TPSA) is 69.7 Å². The number of hydrogen-bond donors (Lipinski definition) is 1. The summed E-state index contributed by atoms with van der Waals surface area (Å²) in [5.41, 5.74) is 2.89. The van der Waals surface area contributed by atoms with Crippen molar-refractivity contribution in [2.75, 3.05) is 31.5 Å². The largest absolute Gasteiger partial charge is 0.354 e. The third kappa shape index (κ3) is 5.57. The Hall–Kier alpha value is -1.86. The van der Waals surface area contributed by atoms with Crippen LogP contribution in [-0.4, -0.2) is 45.8 Å². The SMILES string of the molecule is Cc1ccc(N(CC(=O)NCCC2=CCCCC2)S(=O)(=O)N(C)C)cc1. The molecular weight excluding hydrogens is 350 g/mol. The molecule has 1 aliphatic carbocycles. The smallest absolute Gasteiger partial charge is 0.304 e. The molecule has 0 saturated heterocycles. The van der Waals surface area contributed by atoms with E-state index in [1.54, 1.807) is 12.1 Å². The van der Waals surface area contributed by atoms with E-state index in [-0.39, 0.29) is 12.5 Å². The Labute approximate surface area is 157 Å². The Morgan fingerprint density at radius 2 is 1.85 bits per heavy atom. The minimum atomic E-state index is -3.75. The molecule has 0 spiro atoms. The monoisotopic (exact) mass is 379 g/mol. The van der Waals surface area contributed by atoms with Crippen molar-refractivity contribution in [2.45, 2.75) is 39.0 Å². The summed E-state index contributed by atoms with van der Waals surface area (Å²) in [5, 5.41) is 2.85. The molecule has 0 unspecified atom stereocenters. The lowest BCUT2D eigenvalue weighted by Crippen LogP contribution is -2.46. The Bertz CT molecular complexity index is 740. The van der Waals surface area contributed by atoms with Crippen molar-refractivity contribution in [3.05, 3.63) is 41.5 Å². The average Bonchev–Trinajstić information content (AvgIpc) is 2.61. The van der Waals surface area contributed by atoms with E-state index >= 15 is 0 Å². The molecule has 1 aliphatic rings. The van der Waals surface area contributed by atoms with Gasteiger partial charge in [0.1, 0.15) is 6.54 Å². The zero-order chi connectivity index (χ0) is 19.2. The number of anilines is 1. The van der Waals surface area contributed by atoms with Gasteiger partial charge in [-0.15, -0.1) is 0 Å². The van der Waals surface area contributed by atoms with Crippen molar-refractivity contribution in [3.8, 4) is 0 Å². The fourth-order valence-electron chi connectivity index (χ4n) is 2.89. The first kappa shape index (κ1) is 20.5. The van der Waals surface area contributed by atoms with Crippen LogP contribution >= 0.6 is 0 Å². The highest BCUT2D eigenvalue weighted by atomic mass is 32.2. The van der Waals surface area contributed by atoms with E-state index in [2.05, 4.69) is 11.4 Å². The van der Waals surface area contributed by atoms with Crippen LogP contribution in [0.3, 0.4) is 0 Å². The first-order valence-electron chi connectivity index (χ1n) is 9.02. The number of nitrogens with zero attached hydrogens (tertiary/aromatic N) is 2. The van der Waals surface area contributed by atoms with Gasteiger partial charge in [0.05, 0.1) is 5.69 Å². The molecule has 0 radical (unpaired) electrons. The van der Waals surface area contributed by atoms with Crippen molar-refractivity contribution in [2.24, 2.45) is 0 Å². The molecule has 6 nitrogen and oxygen atoms in total. The van der Waals surface area contributed by atoms with Gasteiger partial charge in [-0.3, -0.25) is 4.79 Å². The molecule has 7 heteroatoms. The maximum Gasteiger partial charge on any atom is 0.304 e. The number of allylic oxidation sites excluding steroid dienone is 1. The van der Waals surface area contributed by atoms with Crippen LogP contribution in [0.25, 0.3) is 0 Å². The quantitative estimate of drug-likeness (QED) is 0.706. The fourth-order valence-corrected chi connectivity index (χ4v) is 3.96. The van der Waals surface area contributed by atoms with E-state index < -0.39 is 10.2 Å².